The van der Waals surface area contributed by atoms with Gasteiger partial charge in [-0.25, -0.2) is 13.5 Å². The van der Waals surface area contributed by atoms with Crippen LogP contribution in [0.4, 0.5) is 0 Å². The second-order valence-corrected chi connectivity index (χ2v) is 6.58. The highest BCUT2D eigenvalue weighted by Crippen LogP contribution is 2.16. The number of aliphatic hydroxyl groups excluding tert-OH is 1. The van der Waals surface area contributed by atoms with Crippen LogP contribution in [0.2, 0.25) is 0 Å². The lowest BCUT2D eigenvalue weighted by molar-refractivity contribution is -0.176. The SMILES string of the molecule is CON(C)C(=O)C(C)(CO)NS(=O)(=O)c1ccc(C)cc1. The van der Waals surface area contributed by atoms with E-state index < -0.39 is 28.1 Å². The van der Waals surface area contributed by atoms with Crippen LogP contribution >= 0.6 is 0 Å². The van der Waals surface area contributed by atoms with Crippen molar-refractivity contribution in [2.24, 2.45) is 0 Å². The molecule has 0 aliphatic heterocycles. The molecule has 0 aromatic heterocycles. The van der Waals surface area contributed by atoms with Crippen LogP contribution in [-0.2, 0) is 19.7 Å². The zero-order valence-electron chi connectivity index (χ0n) is 12.5. The third-order valence-corrected chi connectivity index (χ3v) is 4.65. The van der Waals surface area contributed by atoms with E-state index in [-0.39, 0.29) is 4.90 Å². The van der Waals surface area contributed by atoms with E-state index >= 15 is 0 Å². The Hall–Kier alpha value is -1.48. The molecule has 1 aromatic rings. The number of likely N-dealkylation sites (N-methyl/N-ethyl adjacent to an activating group) is 1. The van der Waals surface area contributed by atoms with Crippen LogP contribution < -0.4 is 4.72 Å². The lowest BCUT2D eigenvalue weighted by Gasteiger charge is -2.30. The first-order chi connectivity index (χ1) is 9.66. The predicted octanol–water partition coefficient (Wildman–Crippen LogP) is 0.0441. The number of aryl methyl sites for hydroxylation is 1. The number of amides is 1. The van der Waals surface area contributed by atoms with E-state index in [1.54, 1.807) is 12.1 Å². The maximum atomic E-state index is 12.3. The Balaban J connectivity index is 3.09. The molecule has 0 aliphatic carbocycles. The second kappa shape index (κ2) is 6.52. The largest absolute Gasteiger partial charge is 0.394 e. The zero-order chi connectivity index (χ0) is 16.3. The number of hydroxylamine groups is 2. The molecule has 0 aliphatic rings. The van der Waals surface area contributed by atoms with Crippen LogP contribution in [0.5, 0.6) is 0 Å². The van der Waals surface area contributed by atoms with E-state index in [4.69, 9.17) is 4.84 Å². The smallest absolute Gasteiger partial charge is 0.269 e. The molecule has 0 heterocycles. The minimum absolute atomic E-state index is 0.0145. The molecule has 7 nitrogen and oxygen atoms in total. The quantitative estimate of drug-likeness (QED) is 0.723. The molecule has 0 spiro atoms. The van der Waals surface area contributed by atoms with Gasteiger partial charge in [0.2, 0.25) is 10.0 Å². The molecular formula is C13H20N2O5S. The van der Waals surface area contributed by atoms with Crippen molar-refractivity contribution in [2.45, 2.75) is 24.3 Å². The Morgan fingerprint density at radius 2 is 1.90 bits per heavy atom. The van der Waals surface area contributed by atoms with E-state index in [1.807, 2.05) is 6.92 Å². The van der Waals surface area contributed by atoms with Gasteiger partial charge in [-0.1, -0.05) is 17.7 Å². The average Bonchev–Trinajstić information content (AvgIpc) is 2.45. The summed E-state index contributed by atoms with van der Waals surface area (Å²) in [6.45, 7) is 2.42. The van der Waals surface area contributed by atoms with Gasteiger partial charge < -0.3 is 5.11 Å². The van der Waals surface area contributed by atoms with Crippen molar-refractivity contribution in [3.63, 3.8) is 0 Å². The van der Waals surface area contributed by atoms with Crippen molar-refractivity contribution in [1.29, 1.82) is 0 Å². The number of rotatable bonds is 6. The van der Waals surface area contributed by atoms with Crippen LogP contribution in [0.1, 0.15) is 12.5 Å². The van der Waals surface area contributed by atoms with Gasteiger partial charge in [-0.2, -0.15) is 4.72 Å². The highest BCUT2D eigenvalue weighted by Gasteiger charge is 2.39. The number of hydrogen-bond donors (Lipinski definition) is 2. The third kappa shape index (κ3) is 4.01. The number of carbonyl (C=O) groups excluding carboxylic acids is 1. The minimum Gasteiger partial charge on any atom is -0.394 e. The third-order valence-electron chi connectivity index (χ3n) is 3.04. The summed E-state index contributed by atoms with van der Waals surface area (Å²) in [7, 11) is -1.35. The van der Waals surface area contributed by atoms with Crippen molar-refractivity contribution in [1.82, 2.24) is 9.79 Å². The molecule has 1 atom stereocenters. The van der Waals surface area contributed by atoms with E-state index in [9.17, 15) is 18.3 Å². The van der Waals surface area contributed by atoms with Gasteiger partial charge in [0.05, 0.1) is 18.6 Å². The van der Waals surface area contributed by atoms with Gasteiger partial charge in [-0.15, -0.1) is 0 Å². The van der Waals surface area contributed by atoms with E-state index in [0.717, 1.165) is 10.6 Å². The monoisotopic (exact) mass is 316 g/mol. The highest BCUT2D eigenvalue weighted by molar-refractivity contribution is 7.89. The molecule has 0 saturated heterocycles. The van der Waals surface area contributed by atoms with E-state index in [0.29, 0.717) is 0 Å². The van der Waals surface area contributed by atoms with Gasteiger partial charge in [-0.3, -0.25) is 9.63 Å². The summed E-state index contributed by atoms with van der Waals surface area (Å²) >= 11 is 0. The number of benzene rings is 1. The van der Waals surface area contributed by atoms with Crippen LogP contribution in [0, 0.1) is 6.92 Å². The molecule has 1 amide bonds. The maximum Gasteiger partial charge on any atom is 0.269 e. The number of nitrogens with one attached hydrogen (secondary N) is 1. The van der Waals surface area contributed by atoms with Gasteiger partial charge in [0.15, 0.2) is 0 Å². The number of nitrogens with zero attached hydrogens (tertiary/aromatic N) is 1. The number of hydrogen-bond acceptors (Lipinski definition) is 5. The van der Waals surface area contributed by atoms with E-state index in [1.165, 1.54) is 33.2 Å². The molecule has 0 radical (unpaired) electrons. The van der Waals surface area contributed by atoms with Gasteiger partial charge in [0.1, 0.15) is 5.54 Å². The fourth-order valence-corrected chi connectivity index (χ4v) is 3.00. The summed E-state index contributed by atoms with van der Waals surface area (Å²) in [5.41, 5.74) is -0.803. The maximum absolute atomic E-state index is 12.3. The van der Waals surface area contributed by atoms with Crippen LogP contribution in [0.15, 0.2) is 29.2 Å². The van der Waals surface area contributed by atoms with Gasteiger partial charge in [0.25, 0.3) is 5.91 Å². The van der Waals surface area contributed by atoms with Crippen LogP contribution in [-0.4, -0.2) is 50.8 Å². The highest BCUT2D eigenvalue weighted by atomic mass is 32.2. The summed E-state index contributed by atoms with van der Waals surface area (Å²) in [4.78, 5) is 16.9. The standard InChI is InChI=1S/C13H20N2O5S/c1-10-5-7-11(8-6-10)21(18,19)14-13(2,9-16)12(17)15(3)20-4/h5-8,14,16H,9H2,1-4H3. The normalized spacial score (nSPS) is 14.5. The second-order valence-electron chi connectivity index (χ2n) is 4.89. The number of carbonyl (C=O) groups is 1. The van der Waals surface area contributed by atoms with Crippen LogP contribution in [0.25, 0.3) is 0 Å². The summed E-state index contributed by atoms with van der Waals surface area (Å²) in [5.74, 6) is -0.705. The topological polar surface area (TPSA) is 95.9 Å². The summed E-state index contributed by atoms with van der Waals surface area (Å²) in [6, 6.07) is 6.15. The predicted molar refractivity (Wildman–Crippen MR) is 76.8 cm³/mol. The fraction of sp³-hybridized carbons (Fsp3) is 0.462. The lowest BCUT2D eigenvalue weighted by Crippen LogP contribution is -2.59. The lowest BCUT2D eigenvalue weighted by atomic mass is 10.1. The molecule has 21 heavy (non-hydrogen) atoms. The van der Waals surface area contributed by atoms with Gasteiger partial charge >= 0.3 is 0 Å². The molecule has 118 valence electrons. The zero-order valence-corrected chi connectivity index (χ0v) is 13.3. The first kappa shape index (κ1) is 17.6. The van der Waals surface area contributed by atoms with Gasteiger partial charge in [0, 0.05) is 7.05 Å². The molecule has 2 N–H and O–H groups in total. The Labute approximate surface area is 124 Å². The van der Waals surface area contributed by atoms with Crippen molar-refractivity contribution in [3.8, 4) is 0 Å². The molecule has 0 bridgehead atoms. The first-order valence-corrected chi connectivity index (χ1v) is 7.68. The molecule has 1 unspecified atom stereocenters. The number of sulfonamides is 1. The summed E-state index contributed by atoms with van der Waals surface area (Å²) in [6.07, 6.45) is 0. The molecule has 0 fully saturated rings. The van der Waals surface area contributed by atoms with E-state index in [2.05, 4.69) is 4.72 Å². The average molecular weight is 316 g/mol. The first-order valence-electron chi connectivity index (χ1n) is 6.20. The Bertz CT molecular complexity index is 599. The Morgan fingerprint density at radius 1 is 1.38 bits per heavy atom. The summed E-state index contributed by atoms with van der Waals surface area (Å²) in [5, 5.41) is 10.3. The van der Waals surface area contributed by atoms with Crippen molar-refractivity contribution in [2.75, 3.05) is 20.8 Å². The molecule has 1 rings (SSSR count). The molecular weight excluding hydrogens is 296 g/mol. The molecule has 0 saturated carbocycles. The molecule has 1 aromatic carbocycles. The Morgan fingerprint density at radius 3 is 2.33 bits per heavy atom. The minimum atomic E-state index is -3.95. The number of aliphatic hydroxyl groups is 1. The van der Waals surface area contributed by atoms with Crippen LogP contribution in [0.3, 0.4) is 0 Å². The molecule has 8 heteroatoms. The Kier molecular flexibility index (Phi) is 5.46. The summed E-state index contributed by atoms with van der Waals surface area (Å²) < 4.78 is 26.8. The fourth-order valence-electron chi connectivity index (χ4n) is 1.65. The van der Waals surface area contributed by atoms with Crippen molar-refractivity contribution >= 4 is 15.9 Å². The van der Waals surface area contributed by atoms with Crippen molar-refractivity contribution in [3.05, 3.63) is 29.8 Å². The van der Waals surface area contributed by atoms with Crippen molar-refractivity contribution < 1.29 is 23.2 Å². The van der Waals surface area contributed by atoms with Gasteiger partial charge in [-0.05, 0) is 26.0 Å².